The number of hydrogen-bond acceptors (Lipinski definition) is 4. The molecule has 23 heavy (non-hydrogen) atoms. The van der Waals surface area contributed by atoms with Gasteiger partial charge in [0.15, 0.2) is 0 Å². The average Bonchev–Trinajstić information content (AvgIpc) is 2.57. The van der Waals surface area contributed by atoms with Gasteiger partial charge in [-0.25, -0.2) is 4.39 Å². The minimum Gasteiger partial charge on any atom is -0.457 e. The smallest absolute Gasteiger partial charge is 0.254 e. The van der Waals surface area contributed by atoms with E-state index in [1.807, 2.05) is 0 Å². The first kappa shape index (κ1) is 15.5. The van der Waals surface area contributed by atoms with Crippen LogP contribution in [0.3, 0.4) is 0 Å². The van der Waals surface area contributed by atoms with Crippen LogP contribution in [-0.2, 0) is 9.53 Å². The van der Waals surface area contributed by atoms with Gasteiger partial charge in [-0.15, -0.1) is 0 Å². The molecule has 2 aromatic carbocycles. The highest BCUT2D eigenvalue weighted by Crippen LogP contribution is 2.23. The van der Waals surface area contributed by atoms with E-state index in [-0.39, 0.29) is 11.7 Å². The number of carbonyl (C=O) groups excluding carboxylic acids is 1. The minimum absolute atomic E-state index is 0.184. The van der Waals surface area contributed by atoms with E-state index in [1.54, 1.807) is 36.4 Å². The van der Waals surface area contributed by atoms with E-state index in [4.69, 9.17) is 9.47 Å². The summed E-state index contributed by atoms with van der Waals surface area (Å²) in [6, 6.07) is 12.8. The van der Waals surface area contributed by atoms with Crippen LogP contribution in [-0.4, -0.2) is 31.7 Å². The predicted molar refractivity (Wildman–Crippen MR) is 84.2 cm³/mol. The topological polar surface area (TPSA) is 59.6 Å². The Balaban J connectivity index is 1.59. The maximum absolute atomic E-state index is 13.1. The van der Waals surface area contributed by atoms with Crippen LogP contribution in [0.1, 0.15) is 0 Å². The zero-order valence-corrected chi connectivity index (χ0v) is 12.4. The van der Waals surface area contributed by atoms with Crippen molar-refractivity contribution in [3.8, 4) is 11.5 Å². The van der Waals surface area contributed by atoms with Crippen molar-refractivity contribution in [3.63, 3.8) is 0 Å². The quantitative estimate of drug-likeness (QED) is 0.910. The van der Waals surface area contributed by atoms with Crippen LogP contribution in [0, 0.1) is 5.82 Å². The summed E-state index contributed by atoms with van der Waals surface area (Å²) in [5.41, 5.74) is 0.649. The fourth-order valence-electron chi connectivity index (χ4n) is 2.23. The molecule has 1 amide bonds. The van der Waals surface area contributed by atoms with E-state index < -0.39 is 6.10 Å². The van der Waals surface area contributed by atoms with Gasteiger partial charge in [-0.1, -0.05) is 6.07 Å². The number of amides is 1. The molecule has 1 fully saturated rings. The minimum atomic E-state index is -0.480. The summed E-state index contributed by atoms with van der Waals surface area (Å²) < 4.78 is 24.0. The van der Waals surface area contributed by atoms with Gasteiger partial charge in [-0.05, 0) is 36.4 Å². The number of benzene rings is 2. The Hall–Kier alpha value is -2.44. The third kappa shape index (κ3) is 4.28. The first-order valence-electron chi connectivity index (χ1n) is 7.37. The SMILES string of the molecule is O=C(Nc1ccc(Oc2cccc(F)c2)cc1)[C@H]1CNCCO1. The normalized spacial score (nSPS) is 17.5. The molecule has 2 aromatic rings. The van der Waals surface area contributed by atoms with E-state index in [0.29, 0.717) is 30.3 Å². The monoisotopic (exact) mass is 316 g/mol. The number of hydrogen-bond donors (Lipinski definition) is 2. The largest absolute Gasteiger partial charge is 0.457 e. The highest BCUT2D eigenvalue weighted by Gasteiger charge is 2.21. The Kier molecular flexibility index (Phi) is 4.85. The maximum atomic E-state index is 13.1. The van der Waals surface area contributed by atoms with Crippen molar-refractivity contribution in [2.45, 2.75) is 6.10 Å². The summed E-state index contributed by atoms with van der Waals surface area (Å²) in [4.78, 5) is 12.0. The van der Waals surface area contributed by atoms with E-state index in [0.717, 1.165) is 6.54 Å². The van der Waals surface area contributed by atoms with Crippen molar-refractivity contribution >= 4 is 11.6 Å². The van der Waals surface area contributed by atoms with Gasteiger partial charge < -0.3 is 20.1 Å². The fourth-order valence-corrected chi connectivity index (χ4v) is 2.23. The van der Waals surface area contributed by atoms with Gasteiger partial charge in [0.1, 0.15) is 23.4 Å². The van der Waals surface area contributed by atoms with E-state index >= 15 is 0 Å². The molecule has 1 aliphatic rings. The lowest BCUT2D eigenvalue weighted by Gasteiger charge is -2.22. The van der Waals surface area contributed by atoms with E-state index in [9.17, 15) is 9.18 Å². The Labute approximate surface area is 133 Å². The lowest BCUT2D eigenvalue weighted by atomic mass is 10.2. The van der Waals surface area contributed by atoms with Crippen molar-refractivity contribution < 1.29 is 18.7 Å². The van der Waals surface area contributed by atoms with Gasteiger partial charge in [0.05, 0.1) is 6.61 Å². The first-order chi connectivity index (χ1) is 11.2. The molecular weight excluding hydrogens is 299 g/mol. The van der Waals surface area contributed by atoms with Gasteiger partial charge in [0.2, 0.25) is 0 Å². The summed E-state index contributed by atoms with van der Waals surface area (Å²) in [5.74, 6) is 0.441. The predicted octanol–water partition coefficient (Wildman–Crippen LogP) is 2.54. The van der Waals surface area contributed by atoms with E-state index in [1.165, 1.54) is 12.1 Å². The van der Waals surface area contributed by atoms with Crippen LogP contribution in [0.15, 0.2) is 48.5 Å². The lowest BCUT2D eigenvalue weighted by molar-refractivity contribution is -0.128. The molecule has 1 heterocycles. The molecule has 6 heteroatoms. The molecule has 1 saturated heterocycles. The third-order valence-electron chi connectivity index (χ3n) is 3.37. The van der Waals surface area contributed by atoms with Crippen molar-refractivity contribution in [2.24, 2.45) is 0 Å². The maximum Gasteiger partial charge on any atom is 0.254 e. The third-order valence-corrected chi connectivity index (χ3v) is 3.37. The second kappa shape index (κ2) is 7.21. The van der Waals surface area contributed by atoms with Crippen LogP contribution < -0.4 is 15.4 Å². The molecule has 1 atom stereocenters. The zero-order valence-electron chi connectivity index (χ0n) is 12.4. The van der Waals surface area contributed by atoms with Crippen molar-refractivity contribution in [2.75, 3.05) is 25.0 Å². The fraction of sp³-hybridized carbons (Fsp3) is 0.235. The molecule has 0 bridgehead atoms. The Morgan fingerprint density at radius 1 is 1.22 bits per heavy atom. The molecule has 0 aromatic heterocycles. The van der Waals surface area contributed by atoms with Gasteiger partial charge >= 0.3 is 0 Å². The molecule has 0 radical (unpaired) electrons. The van der Waals surface area contributed by atoms with Gasteiger partial charge in [0, 0.05) is 24.8 Å². The Morgan fingerprint density at radius 3 is 2.74 bits per heavy atom. The van der Waals surface area contributed by atoms with Crippen LogP contribution in [0.25, 0.3) is 0 Å². The molecule has 1 aliphatic heterocycles. The molecule has 0 spiro atoms. The average molecular weight is 316 g/mol. The van der Waals surface area contributed by atoms with Crippen LogP contribution in [0.4, 0.5) is 10.1 Å². The highest BCUT2D eigenvalue weighted by molar-refractivity contribution is 5.94. The Morgan fingerprint density at radius 2 is 2.04 bits per heavy atom. The number of anilines is 1. The van der Waals surface area contributed by atoms with Crippen LogP contribution >= 0.6 is 0 Å². The number of rotatable bonds is 4. The number of ether oxygens (including phenoxy) is 2. The molecule has 2 N–H and O–H groups in total. The molecule has 5 nitrogen and oxygen atoms in total. The van der Waals surface area contributed by atoms with Gasteiger partial charge in [-0.2, -0.15) is 0 Å². The second-order valence-corrected chi connectivity index (χ2v) is 5.14. The lowest BCUT2D eigenvalue weighted by Crippen LogP contribution is -2.45. The van der Waals surface area contributed by atoms with Gasteiger partial charge in [-0.3, -0.25) is 4.79 Å². The first-order valence-corrected chi connectivity index (χ1v) is 7.37. The molecule has 0 aliphatic carbocycles. The Bertz CT molecular complexity index is 670. The summed E-state index contributed by atoms with van der Waals surface area (Å²) in [7, 11) is 0. The number of morpholine rings is 1. The highest BCUT2D eigenvalue weighted by atomic mass is 19.1. The summed E-state index contributed by atoms with van der Waals surface area (Å²) in [6.45, 7) is 1.79. The standard InChI is InChI=1S/C17H17FN2O3/c18-12-2-1-3-15(10-12)23-14-6-4-13(5-7-14)20-17(21)16-11-19-8-9-22-16/h1-7,10,16,19H,8-9,11H2,(H,20,21)/t16-/m1/s1. The molecule has 0 unspecified atom stereocenters. The number of nitrogens with one attached hydrogen (secondary N) is 2. The van der Waals surface area contributed by atoms with Crippen LogP contribution in [0.5, 0.6) is 11.5 Å². The molecular formula is C17H17FN2O3. The zero-order chi connectivity index (χ0) is 16.1. The summed E-state index contributed by atoms with van der Waals surface area (Å²) in [5, 5.41) is 5.90. The molecule has 0 saturated carbocycles. The van der Waals surface area contributed by atoms with Crippen molar-refractivity contribution in [3.05, 3.63) is 54.3 Å². The van der Waals surface area contributed by atoms with Gasteiger partial charge in [0.25, 0.3) is 5.91 Å². The number of halogens is 1. The second-order valence-electron chi connectivity index (χ2n) is 5.14. The van der Waals surface area contributed by atoms with Crippen molar-refractivity contribution in [1.29, 1.82) is 0 Å². The summed E-state index contributed by atoms with van der Waals surface area (Å²) >= 11 is 0. The van der Waals surface area contributed by atoms with Crippen molar-refractivity contribution in [1.82, 2.24) is 5.32 Å². The molecule has 120 valence electrons. The summed E-state index contributed by atoms with van der Waals surface area (Å²) in [6.07, 6.45) is -0.480. The van der Waals surface area contributed by atoms with E-state index in [2.05, 4.69) is 10.6 Å². The number of carbonyl (C=O) groups is 1. The van der Waals surface area contributed by atoms with Crippen LogP contribution in [0.2, 0.25) is 0 Å². The molecule has 3 rings (SSSR count).